The molecule has 0 spiro atoms. The number of aromatic nitrogens is 2. The number of ether oxygens (including phenoxy) is 4. The van der Waals surface area contributed by atoms with Gasteiger partial charge in [-0.05, 0) is 47.9 Å². The average molecular weight is 545 g/mol. The number of methoxy groups -OCH3 is 2. The highest BCUT2D eigenvalue weighted by atomic mass is 16.6. The highest BCUT2D eigenvalue weighted by molar-refractivity contribution is 5.50. The van der Waals surface area contributed by atoms with Gasteiger partial charge in [0.1, 0.15) is 29.4 Å². The molecule has 3 atom stereocenters. The van der Waals surface area contributed by atoms with Crippen molar-refractivity contribution in [3.63, 3.8) is 0 Å². The maximum atomic E-state index is 12.7. The number of rotatable bonds is 9. The van der Waals surface area contributed by atoms with Crippen LogP contribution in [0.25, 0.3) is 0 Å². The lowest BCUT2D eigenvalue weighted by Crippen LogP contribution is -2.40. The number of hydrogen-bond acceptors (Lipinski definition) is 7. The normalized spacial score (nSPS) is 18.9. The van der Waals surface area contributed by atoms with E-state index in [1.807, 2.05) is 78.9 Å². The van der Waals surface area contributed by atoms with Crippen LogP contribution in [0.2, 0.25) is 0 Å². The van der Waals surface area contributed by atoms with E-state index >= 15 is 0 Å². The Morgan fingerprint density at radius 1 is 0.900 bits per heavy atom. The largest absolute Gasteiger partial charge is 0.497 e. The van der Waals surface area contributed by atoms with Crippen molar-refractivity contribution >= 4 is 0 Å². The number of nitrogens with zero attached hydrogens (tertiary/aromatic N) is 1. The van der Waals surface area contributed by atoms with Crippen molar-refractivity contribution in [2.45, 2.75) is 37.4 Å². The number of nitrogens with one attached hydrogen (secondary N) is 1. The van der Waals surface area contributed by atoms with Crippen LogP contribution in [0.1, 0.15) is 34.9 Å². The van der Waals surface area contributed by atoms with Gasteiger partial charge in [0, 0.05) is 18.2 Å². The summed E-state index contributed by atoms with van der Waals surface area (Å²) >= 11 is 0. The van der Waals surface area contributed by atoms with Crippen LogP contribution in [0, 0.1) is 6.92 Å². The number of aliphatic hydroxyl groups excluding tert-OH is 1. The second kappa shape index (κ2) is 11.5. The maximum Gasteiger partial charge on any atom is 0.330 e. The molecule has 3 aromatic carbocycles. The van der Waals surface area contributed by atoms with Gasteiger partial charge in [0.2, 0.25) is 0 Å². The molecule has 9 heteroatoms. The predicted molar refractivity (Wildman–Crippen MR) is 149 cm³/mol. The van der Waals surface area contributed by atoms with Crippen molar-refractivity contribution in [3.05, 3.63) is 128 Å². The summed E-state index contributed by atoms with van der Waals surface area (Å²) in [6, 6.07) is 25.1. The van der Waals surface area contributed by atoms with Crippen LogP contribution in [0.3, 0.4) is 0 Å². The zero-order valence-corrected chi connectivity index (χ0v) is 22.6. The molecule has 1 aliphatic heterocycles. The Morgan fingerprint density at radius 2 is 1.45 bits per heavy atom. The number of benzene rings is 3. The lowest BCUT2D eigenvalue weighted by Gasteiger charge is -2.39. The fourth-order valence-electron chi connectivity index (χ4n) is 5.21. The number of aliphatic hydroxyl groups is 1. The maximum absolute atomic E-state index is 12.7. The first kappa shape index (κ1) is 27.4. The van der Waals surface area contributed by atoms with Gasteiger partial charge in [-0.2, -0.15) is 0 Å². The third-order valence-corrected chi connectivity index (χ3v) is 7.32. The quantitative estimate of drug-likeness (QED) is 0.310. The van der Waals surface area contributed by atoms with Crippen molar-refractivity contribution in [1.82, 2.24) is 9.55 Å². The molecule has 40 heavy (non-hydrogen) atoms. The molecular weight excluding hydrogens is 512 g/mol. The Morgan fingerprint density at radius 3 is 1.98 bits per heavy atom. The second-order valence-corrected chi connectivity index (χ2v) is 9.69. The van der Waals surface area contributed by atoms with E-state index in [0.29, 0.717) is 17.1 Å². The molecule has 2 heterocycles. The van der Waals surface area contributed by atoms with Crippen molar-refractivity contribution in [2.75, 3.05) is 20.8 Å². The highest BCUT2D eigenvalue weighted by Crippen LogP contribution is 2.45. The molecular formula is C31H32N2O7. The number of aryl methyl sites for hydroxylation is 1. The van der Waals surface area contributed by atoms with Gasteiger partial charge in [-0.15, -0.1) is 0 Å². The summed E-state index contributed by atoms with van der Waals surface area (Å²) in [6.07, 6.45) is -0.370. The summed E-state index contributed by atoms with van der Waals surface area (Å²) in [5.41, 5.74) is 0.752. The molecule has 0 amide bonds. The summed E-state index contributed by atoms with van der Waals surface area (Å²) in [4.78, 5) is 26.9. The fourth-order valence-corrected chi connectivity index (χ4v) is 5.21. The van der Waals surface area contributed by atoms with E-state index in [-0.39, 0.29) is 13.0 Å². The van der Waals surface area contributed by atoms with Gasteiger partial charge in [0.25, 0.3) is 5.56 Å². The molecule has 1 saturated heterocycles. The van der Waals surface area contributed by atoms with Gasteiger partial charge in [0.05, 0.1) is 26.9 Å². The molecule has 0 radical (unpaired) electrons. The first-order chi connectivity index (χ1) is 19.4. The van der Waals surface area contributed by atoms with Gasteiger partial charge in [-0.3, -0.25) is 14.3 Å². The molecule has 1 aromatic heterocycles. The smallest absolute Gasteiger partial charge is 0.330 e. The van der Waals surface area contributed by atoms with Crippen molar-refractivity contribution < 1.29 is 24.1 Å². The van der Waals surface area contributed by atoms with Crippen molar-refractivity contribution in [1.29, 1.82) is 0 Å². The van der Waals surface area contributed by atoms with Crippen LogP contribution in [0.15, 0.2) is 94.6 Å². The van der Waals surface area contributed by atoms with Gasteiger partial charge in [0.15, 0.2) is 0 Å². The van der Waals surface area contributed by atoms with Crippen LogP contribution in [0.4, 0.5) is 0 Å². The molecule has 3 unspecified atom stereocenters. The zero-order chi connectivity index (χ0) is 28.3. The number of hydrogen-bond donors (Lipinski definition) is 2. The molecule has 1 aliphatic rings. The molecule has 1 fully saturated rings. The Balaban J connectivity index is 1.65. The van der Waals surface area contributed by atoms with E-state index in [2.05, 4.69) is 4.98 Å². The Labute approximate surface area is 231 Å². The minimum atomic E-state index is -1.12. The monoisotopic (exact) mass is 544 g/mol. The van der Waals surface area contributed by atoms with E-state index in [4.69, 9.17) is 18.9 Å². The minimum Gasteiger partial charge on any atom is -0.497 e. The average Bonchev–Trinajstić information content (AvgIpc) is 3.40. The van der Waals surface area contributed by atoms with Crippen LogP contribution >= 0.6 is 0 Å². The van der Waals surface area contributed by atoms with Crippen LogP contribution in [0.5, 0.6) is 11.5 Å². The predicted octanol–water partition coefficient (Wildman–Crippen LogP) is 3.52. The third-order valence-electron chi connectivity index (χ3n) is 7.32. The van der Waals surface area contributed by atoms with E-state index < -0.39 is 35.3 Å². The first-order valence-corrected chi connectivity index (χ1v) is 13.0. The molecule has 9 nitrogen and oxygen atoms in total. The number of H-pyrrole nitrogens is 1. The molecule has 4 aromatic rings. The van der Waals surface area contributed by atoms with E-state index in [1.165, 1.54) is 10.8 Å². The summed E-state index contributed by atoms with van der Waals surface area (Å²) in [6.45, 7) is 1.30. The minimum absolute atomic E-state index is 0.261. The fraction of sp³-hybridized carbons (Fsp3) is 0.290. The Hall–Kier alpha value is -4.18. The van der Waals surface area contributed by atoms with E-state index in [0.717, 1.165) is 16.7 Å². The van der Waals surface area contributed by atoms with Gasteiger partial charge >= 0.3 is 5.69 Å². The van der Waals surface area contributed by atoms with Crippen LogP contribution < -0.4 is 20.7 Å². The lowest BCUT2D eigenvalue weighted by molar-refractivity contribution is -0.0994. The summed E-state index contributed by atoms with van der Waals surface area (Å²) in [5.74, 6) is 1.40. The van der Waals surface area contributed by atoms with Gasteiger partial charge in [-0.1, -0.05) is 54.6 Å². The molecule has 0 bridgehead atoms. The van der Waals surface area contributed by atoms with E-state index in [1.54, 1.807) is 21.1 Å². The Kier molecular flexibility index (Phi) is 7.88. The molecule has 0 aliphatic carbocycles. The lowest BCUT2D eigenvalue weighted by atomic mass is 9.79. The Bertz CT molecular complexity index is 1500. The van der Waals surface area contributed by atoms with Crippen molar-refractivity contribution in [3.8, 4) is 11.5 Å². The van der Waals surface area contributed by atoms with Crippen LogP contribution in [-0.4, -0.2) is 47.7 Å². The van der Waals surface area contributed by atoms with E-state index in [9.17, 15) is 14.7 Å². The van der Waals surface area contributed by atoms with Crippen molar-refractivity contribution in [2.24, 2.45) is 0 Å². The third kappa shape index (κ3) is 5.06. The number of aromatic amines is 1. The highest BCUT2D eigenvalue weighted by Gasteiger charge is 2.46. The molecule has 0 saturated carbocycles. The summed E-state index contributed by atoms with van der Waals surface area (Å²) in [7, 11) is 3.23. The van der Waals surface area contributed by atoms with Gasteiger partial charge in [-0.25, -0.2) is 4.79 Å². The standard InChI is InChI=1S/C31H32N2O7/c1-20-18-33(30(36)32-29(20)35)28-17-26(27(19-34)39-28)40-31(21-7-5-4-6-8-21,22-9-13-24(37-2)14-10-22)23-11-15-25(38-3)16-12-23/h4-16,18,26-28,34H,17,19H2,1-3H3,(H,32,35,36). The topological polar surface area (TPSA) is 112 Å². The zero-order valence-electron chi connectivity index (χ0n) is 22.6. The first-order valence-electron chi connectivity index (χ1n) is 13.0. The van der Waals surface area contributed by atoms with Crippen LogP contribution in [-0.2, 0) is 15.1 Å². The molecule has 2 N–H and O–H groups in total. The summed E-state index contributed by atoms with van der Waals surface area (Å²) in [5, 5.41) is 10.3. The van der Waals surface area contributed by atoms with Gasteiger partial charge < -0.3 is 24.1 Å². The second-order valence-electron chi connectivity index (χ2n) is 9.69. The summed E-state index contributed by atoms with van der Waals surface area (Å²) < 4.78 is 25.4. The molecule has 5 rings (SSSR count). The molecule has 208 valence electrons. The SMILES string of the molecule is COc1ccc(C(OC2CC(n3cc(C)c(=O)[nH]c3=O)OC2CO)(c2ccccc2)c2ccc(OC)cc2)cc1.